The lowest BCUT2D eigenvalue weighted by atomic mass is 10.1. The zero-order valence-electron chi connectivity index (χ0n) is 11.6. The molecule has 1 atom stereocenters. The van der Waals surface area contributed by atoms with E-state index in [2.05, 4.69) is 16.6 Å². The third kappa shape index (κ3) is 4.72. The molecule has 0 aromatic heterocycles. The second kappa shape index (κ2) is 7.78. The monoisotopic (exact) mass is 292 g/mol. The fourth-order valence-electron chi connectivity index (χ4n) is 1.68. The number of ether oxygens (including phenoxy) is 1. The van der Waals surface area contributed by atoms with Crippen LogP contribution < -0.4 is 5.32 Å². The summed E-state index contributed by atoms with van der Waals surface area (Å²) >= 11 is 0. The number of rotatable bonds is 7. The highest BCUT2D eigenvalue weighted by molar-refractivity contribution is 5.97. The molecule has 1 N–H and O–H groups in total. The fourth-order valence-corrected chi connectivity index (χ4v) is 1.68. The largest absolute Gasteiger partial charge is 0.467 e. The standard InChI is InChI=1S/C14H16N2O5/c1-3-4-8-12(14(18)21-2)15-13(17)10-6-5-7-11(9-10)16(19)20/h3,5-7,9,12H,1,4,8H2,2H3,(H,15,17)/t12-/m0/s1. The van der Waals surface area contributed by atoms with Crippen molar-refractivity contribution in [2.45, 2.75) is 18.9 Å². The number of nitrogens with zero attached hydrogens (tertiary/aromatic N) is 1. The van der Waals surface area contributed by atoms with Gasteiger partial charge in [0.05, 0.1) is 12.0 Å². The van der Waals surface area contributed by atoms with E-state index in [-0.39, 0.29) is 11.3 Å². The highest BCUT2D eigenvalue weighted by Crippen LogP contribution is 2.13. The molecule has 0 saturated carbocycles. The van der Waals surface area contributed by atoms with E-state index in [1.807, 2.05) is 0 Å². The number of allylic oxidation sites excluding steroid dienone is 1. The van der Waals surface area contributed by atoms with Crippen molar-refractivity contribution in [1.82, 2.24) is 5.32 Å². The van der Waals surface area contributed by atoms with Crippen molar-refractivity contribution in [2.24, 2.45) is 0 Å². The van der Waals surface area contributed by atoms with Crippen LogP contribution in [0.15, 0.2) is 36.9 Å². The Hall–Kier alpha value is -2.70. The zero-order chi connectivity index (χ0) is 15.8. The Balaban J connectivity index is 2.85. The lowest BCUT2D eigenvalue weighted by Gasteiger charge is -2.15. The maximum Gasteiger partial charge on any atom is 0.328 e. The summed E-state index contributed by atoms with van der Waals surface area (Å²) in [4.78, 5) is 33.7. The number of hydrogen-bond donors (Lipinski definition) is 1. The van der Waals surface area contributed by atoms with Crippen LogP contribution in [-0.2, 0) is 9.53 Å². The van der Waals surface area contributed by atoms with Crippen molar-refractivity contribution in [3.8, 4) is 0 Å². The zero-order valence-corrected chi connectivity index (χ0v) is 11.6. The molecular weight excluding hydrogens is 276 g/mol. The molecule has 1 aromatic rings. The SMILES string of the molecule is C=CCC[C@H](NC(=O)c1cccc([N+](=O)[O-])c1)C(=O)OC. The van der Waals surface area contributed by atoms with E-state index in [9.17, 15) is 19.7 Å². The van der Waals surface area contributed by atoms with E-state index in [1.54, 1.807) is 6.08 Å². The van der Waals surface area contributed by atoms with Crippen molar-refractivity contribution in [3.63, 3.8) is 0 Å². The number of nitro benzene ring substituents is 1. The molecule has 0 spiro atoms. The van der Waals surface area contributed by atoms with Crippen LogP contribution in [0.3, 0.4) is 0 Å². The van der Waals surface area contributed by atoms with Gasteiger partial charge in [-0.1, -0.05) is 12.1 Å². The highest BCUT2D eigenvalue weighted by atomic mass is 16.6. The van der Waals surface area contributed by atoms with Crippen LogP contribution in [0.25, 0.3) is 0 Å². The first-order chi connectivity index (χ1) is 9.99. The number of amides is 1. The highest BCUT2D eigenvalue weighted by Gasteiger charge is 2.22. The smallest absolute Gasteiger partial charge is 0.328 e. The summed E-state index contributed by atoms with van der Waals surface area (Å²) in [5.41, 5.74) is -0.0833. The van der Waals surface area contributed by atoms with Crippen LogP contribution in [0.1, 0.15) is 23.2 Å². The van der Waals surface area contributed by atoms with Gasteiger partial charge >= 0.3 is 5.97 Å². The summed E-state index contributed by atoms with van der Waals surface area (Å²) in [5.74, 6) is -1.14. The Labute approximate surface area is 121 Å². The van der Waals surface area contributed by atoms with E-state index in [0.717, 1.165) is 6.07 Å². The number of benzene rings is 1. The van der Waals surface area contributed by atoms with E-state index in [1.165, 1.54) is 25.3 Å². The van der Waals surface area contributed by atoms with Gasteiger partial charge in [-0.05, 0) is 18.9 Å². The second-order valence-electron chi connectivity index (χ2n) is 4.22. The molecule has 0 radical (unpaired) electrons. The predicted molar refractivity (Wildman–Crippen MR) is 75.8 cm³/mol. The molecule has 0 unspecified atom stereocenters. The number of nitrogens with one attached hydrogen (secondary N) is 1. The third-order valence-electron chi connectivity index (χ3n) is 2.77. The third-order valence-corrected chi connectivity index (χ3v) is 2.77. The second-order valence-corrected chi connectivity index (χ2v) is 4.22. The van der Waals surface area contributed by atoms with Gasteiger partial charge in [0.25, 0.3) is 11.6 Å². The minimum atomic E-state index is -0.820. The van der Waals surface area contributed by atoms with Gasteiger partial charge in [-0.2, -0.15) is 0 Å². The molecule has 0 aliphatic rings. The molecule has 0 fully saturated rings. The van der Waals surface area contributed by atoms with Crippen molar-refractivity contribution < 1.29 is 19.2 Å². The van der Waals surface area contributed by atoms with E-state index >= 15 is 0 Å². The van der Waals surface area contributed by atoms with Crippen molar-refractivity contribution >= 4 is 17.6 Å². The Kier molecular flexibility index (Phi) is 6.06. The molecule has 0 aliphatic heterocycles. The number of non-ortho nitro benzene ring substituents is 1. The Morgan fingerprint density at radius 1 is 1.52 bits per heavy atom. The van der Waals surface area contributed by atoms with Gasteiger partial charge in [0, 0.05) is 17.7 Å². The summed E-state index contributed by atoms with van der Waals surface area (Å²) < 4.78 is 4.61. The van der Waals surface area contributed by atoms with Gasteiger partial charge in [-0.15, -0.1) is 6.58 Å². The van der Waals surface area contributed by atoms with Crippen LogP contribution in [0.2, 0.25) is 0 Å². The lowest BCUT2D eigenvalue weighted by Crippen LogP contribution is -2.41. The number of esters is 1. The van der Waals surface area contributed by atoms with E-state index in [0.29, 0.717) is 12.8 Å². The molecule has 21 heavy (non-hydrogen) atoms. The first-order valence-corrected chi connectivity index (χ1v) is 6.23. The average molecular weight is 292 g/mol. The maximum atomic E-state index is 12.0. The number of methoxy groups -OCH3 is 1. The van der Waals surface area contributed by atoms with Crippen molar-refractivity contribution in [2.75, 3.05) is 7.11 Å². The molecule has 1 amide bonds. The molecule has 1 aromatic carbocycles. The van der Waals surface area contributed by atoms with Gasteiger partial charge in [0.2, 0.25) is 0 Å². The predicted octanol–water partition coefficient (Wildman–Crippen LogP) is 1.83. The normalized spacial score (nSPS) is 11.3. The first-order valence-electron chi connectivity index (χ1n) is 6.23. The fraction of sp³-hybridized carbons (Fsp3) is 0.286. The molecular formula is C14H16N2O5. The van der Waals surface area contributed by atoms with Crippen LogP contribution in [0.4, 0.5) is 5.69 Å². The van der Waals surface area contributed by atoms with Gasteiger partial charge < -0.3 is 10.1 Å². The van der Waals surface area contributed by atoms with Gasteiger partial charge in [0.1, 0.15) is 6.04 Å². The number of nitro groups is 1. The lowest BCUT2D eigenvalue weighted by molar-refractivity contribution is -0.384. The minimum absolute atomic E-state index is 0.108. The van der Waals surface area contributed by atoms with Crippen LogP contribution in [-0.4, -0.2) is 30.0 Å². The Bertz CT molecular complexity index is 556. The summed E-state index contributed by atoms with van der Waals surface area (Å²) in [5, 5.41) is 13.2. The number of carbonyl (C=O) groups excluding carboxylic acids is 2. The van der Waals surface area contributed by atoms with E-state index in [4.69, 9.17) is 0 Å². The summed E-state index contributed by atoms with van der Waals surface area (Å²) in [6.07, 6.45) is 2.49. The van der Waals surface area contributed by atoms with Gasteiger partial charge in [-0.25, -0.2) is 4.79 Å². The van der Waals surface area contributed by atoms with E-state index < -0.39 is 22.8 Å². The Morgan fingerprint density at radius 2 is 2.24 bits per heavy atom. The number of hydrogen-bond acceptors (Lipinski definition) is 5. The van der Waals surface area contributed by atoms with Gasteiger partial charge in [-0.3, -0.25) is 14.9 Å². The summed E-state index contributed by atoms with van der Waals surface area (Å²) in [7, 11) is 1.22. The van der Waals surface area contributed by atoms with Crippen LogP contribution in [0.5, 0.6) is 0 Å². The number of carbonyl (C=O) groups is 2. The van der Waals surface area contributed by atoms with Crippen LogP contribution in [0, 0.1) is 10.1 Å². The first kappa shape index (κ1) is 16.4. The van der Waals surface area contributed by atoms with Crippen molar-refractivity contribution in [1.29, 1.82) is 0 Å². The quantitative estimate of drug-likeness (QED) is 0.358. The Morgan fingerprint density at radius 3 is 2.81 bits per heavy atom. The maximum absolute atomic E-state index is 12.0. The topological polar surface area (TPSA) is 98.5 Å². The van der Waals surface area contributed by atoms with Gasteiger partial charge in [0.15, 0.2) is 0 Å². The van der Waals surface area contributed by atoms with Crippen molar-refractivity contribution in [3.05, 3.63) is 52.6 Å². The molecule has 1 rings (SSSR count). The molecule has 7 heteroatoms. The average Bonchev–Trinajstić information content (AvgIpc) is 2.50. The molecule has 0 heterocycles. The summed E-state index contributed by atoms with van der Waals surface area (Å²) in [6.45, 7) is 3.55. The molecule has 0 aliphatic carbocycles. The molecule has 7 nitrogen and oxygen atoms in total. The van der Waals surface area contributed by atoms with Crippen LogP contribution >= 0.6 is 0 Å². The minimum Gasteiger partial charge on any atom is -0.467 e. The molecule has 0 saturated heterocycles. The summed E-state index contributed by atoms with van der Waals surface area (Å²) in [6, 6.07) is 4.46. The molecule has 112 valence electrons. The molecule has 0 bridgehead atoms.